The second-order valence-electron chi connectivity index (χ2n) is 7.13. The van der Waals surface area contributed by atoms with Crippen molar-refractivity contribution in [2.75, 3.05) is 11.9 Å². The molecule has 0 radical (unpaired) electrons. The zero-order valence-corrected chi connectivity index (χ0v) is 16.7. The highest BCUT2D eigenvalue weighted by Crippen LogP contribution is 2.27. The van der Waals surface area contributed by atoms with E-state index in [1.165, 1.54) is 6.07 Å². The minimum atomic E-state index is -0.389. The molecule has 5 heteroatoms. The highest BCUT2D eigenvalue weighted by atomic mass is 16.5. The summed E-state index contributed by atoms with van der Waals surface area (Å²) in [5.74, 6) is 0.542. The first-order valence-corrected chi connectivity index (χ1v) is 9.48. The molecule has 2 aromatic carbocycles. The number of hydrogen-bond donors (Lipinski definition) is 1. The molecule has 0 unspecified atom stereocenters. The topological polar surface area (TPSA) is 68.5 Å². The third-order valence-corrected chi connectivity index (χ3v) is 4.74. The Morgan fingerprint density at radius 2 is 1.96 bits per heavy atom. The lowest BCUT2D eigenvalue weighted by atomic mass is 9.98. The number of hydrogen-bond acceptors (Lipinski definition) is 4. The average Bonchev–Trinajstić information content (AvgIpc) is 2.66. The van der Waals surface area contributed by atoms with Gasteiger partial charge in [0.05, 0.1) is 0 Å². The third kappa shape index (κ3) is 4.25. The number of fused-ring (bicyclic) bond motifs is 1. The van der Waals surface area contributed by atoms with E-state index in [0.29, 0.717) is 17.3 Å². The summed E-state index contributed by atoms with van der Waals surface area (Å²) in [6.07, 6.45) is 0.735. The van der Waals surface area contributed by atoms with Crippen LogP contribution in [0.1, 0.15) is 43.4 Å². The first-order valence-electron chi connectivity index (χ1n) is 9.48. The summed E-state index contributed by atoms with van der Waals surface area (Å²) in [4.78, 5) is 24.1. The fourth-order valence-corrected chi connectivity index (χ4v) is 3.26. The summed E-state index contributed by atoms with van der Waals surface area (Å²) in [7, 11) is 0. The molecule has 3 rings (SSSR count). The van der Waals surface area contributed by atoms with E-state index in [-0.39, 0.29) is 18.1 Å². The summed E-state index contributed by atoms with van der Waals surface area (Å²) in [5.41, 5.74) is 3.94. The number of amides is 1. The number of rotatable bonds is 6. The summed E-state index contributed by atoms with van der Waals surface area (Å²) in [6.45, 7) is 8.01. The van der Waals surface area contributed by atoms with Crippen molar-refractivity contribution in [1.82, 2.24) is 0 Å². The summed E-state index contributed by atoms with van der Waals surface area (Å²) < 4.78 is 10.9. The van der Waals surface area contributed by atoms with Gasteiger partial charge in [0.15, 0.2) is 6.61 Å². The van der Waals surface area contributed by atoms with Gasteiger partial charge < -0.3 is 14.5 Å². The van der Waals surface area contributed by atoms with Crippen molar-refractivity contribution in [3.05, 3.63) is 69.6 Å². The molecule has 0 aliphatic rings. The maximum atomic E-state index is 12.4. The van der Waals surface area contributed by atoms with Gasteiger partial charge in [0, 0.05) is 23.2 Å². The van der Waals surface area contributed by atoms with E-state index in [2.05, 4.69) is 19.2 Å². The highest BCUT2D eigenvalue weighted by molar-refractivity contribution is 5.93. The summed E-state index contributed by atoms with van der Waals surface area (Å²) in [6, 6.07) is 12.8. The molecule has 1 N–H and O–H groups in total. The molecule has 0 spiro atoms. The Morgan fingerprint density at radius 1 is 1.18 bits per heavy atom. The van der Waals surface area contributed by atoms with Crippen LogP contribution in [0.2, 0.25) is 0 Å². The highest BCUT2D eigenvalue weighted by Gasteiger charge is 2.13. The SMILES string of the molecule is CCc1cc(=O)oc2cc(OCC(=O)Nc3c(C)cccc3C(C)C)ccc12. The lowest BCUT2D eigenvalue weighted by molar-refractivity contribution is -0.118. The lowest BCUT2D eigenvalue weighted by Gasteiger charge is -2.16. The monoisotopic (exact) mass is 379 g/mol. The van der Waals surface area contributed by atoms with Gasteiger partial charge in [0.25, 0.3) is 5.91 Å². The molecule has 1 aromatic heterocycles. The summed E-state index contributed by atoms with van der Waals surface area (Å²) in [5, 5.41) is 3.83. The van der Waals surface area contributed by atoms with Crippen LogP contribution in [-0.2, 0) is 11.2 Å². The molecule has 146 valence electrons. The molecular formula is C23H25NO4. The maximum Gasteiger partial charge on any atom is 0.336 e. The molecule has 0 saturated carbocycles. The van der Waals surface area contributed by atoms with Crippen LogP contribution in [0.15, 0.2) is 51.7 Å². The summed E-state index contributed by atoms with van der Waals surface area (Å²) >= 11 is 0. The van der Waals surface area contributed by atoms with Crippen LogP contribution in [0.25, 0.3) is 11.0 Å². The van der Waals surface area contributed by atoms with E-state index in [9.17, 15) is 9.59 Å². The Labute approximate surface area is 164 Å². The first-order chi connectivity index (χ1) is 13.4. The van der Waals surface area contributed by atoms with Gasteiger partial charge >= 0.3 is 5.63 Å². The van der Waals surface area contributed by atoms with Crippen molar-refractivity contribution in [1.29, 1.82) is 0 Å². The van der Waals surface area contributed by atoms with Crippen molar-refractivity contribution in [3.63, 3.8) is 0 Å². The van der Waals surface area contributed by atoms with Crippen molar-refractivity contribution in [2.24, 2.45) is 0 Å². The van der Waals surface area contributed by atoms with Crippen molar-refractivity contribution >= 4 is 22.6 Å². The number of nitrogens with one attached hydrogen (secondary N) is 1. The number of benzene rings is 2. The van der Waals surface area contributed by atoms with Crippen LogP contribution in [0.3, 0.4) is 0 Å². The Morgan fingerprint density at radius 3 is 2.68 bits per heavy atom. The lowest BCUT2D eigenvalue weighted by Crippen LogP contribution is -2.21. The minimum absolute atomic E-state index is 0.130. The number of aryl methyl sites for hydroxylation is 2. The van der Waals surface area contributed by atoms with Crippen molar-refractivity contribution in [3.8, 4) is 5.75 Å². The molecule has 3 aromatic rings. The molecule has 1 amide bonds. The van der Waals surface area contributed by atoms with Gasteiger partial charge in [-0.05, 0) is 48.1 Å². The van der Waals surface area contributed by atoms with Gasteiger partial charge in [-0.3, -0.25) is 4.79 Å². The van der Waals surface area contributed by atoms with Gasteiger partial charge in [0.1, 0.15) is 11.3 Å². The van der Waals surface area contributed by atoms with E-state index in [1.54, 1.807) is 12.1 Å². The molecular weight excluding hydrogens is 354 g/mol. The first kappa shape index (κ1) is 19.7. The molecule has 28 heavy (non-hydrogen) atoms. The fourth-order valence-electron chi connectivity index (χ4n) is 3.26. The minimum Gasteiger partial charge on any atom is -0.484 e. The predicted octanol–water partition coefficient (Wildman–Crippen LogP) is 4.80. The smallest absolute Gasteiger partial charge is 0.336 e. The predicted molar refractivity (Wildman–Crippen MR) is 111 cm³/mol. The number of anilines is 1. The fraction of sp³-hybridized carbons (Fsp3) is 0.304. The quantitative estimate of drug-likeness (QED) is 0.624. The van der Waals surface area contributed by atoms with Gasteiger partial charge in [-0.15, -0.1) is 0 Å². The number of ether oxygens (including phenoxy) is 1. The largest absolute Gasteiger partial charge is 0.484 e. The molecule has 0 fully saturated rings. The normalized spacial score (nSPS) is 11.0. The van der Waals surface area contributed by atoms with Gasteiger partial charge in [-0.25, -0.2) is 4.79 Å². The van der Waals surface area contributed by atoms with E-state index in [1.807, 2.05) is 38.1 Å². The molecule has 0 atom stereocenters. The Kier molecular flexibility index (Phi) is 5.83. The Hall–Kier alpha value is -3.08. The van der Waals surface area contributed by atoms with Crippen LogP contribution >= 0.6 is 0 Å². The standard InChI is InChI=1S/C23H25NO4/c1-5-16-11-22(26)28-20-12-17(9-10-19(16)20)27-13-21(25)24-23-15(4)7-6-8-18(23)14(2)3/h6-12,14H,5,13H2,1-4H3,(H,24,25). The van der Waals surface area contributed by atoms with Gasteiger partial charge in [-0.1, -0.05) is 39.0 Å². The molecule has 5 nitrogen and oxygen atoms in total. The van der Waals surface area contributed by atoms with Gasteiger partial charge in [-0.2, -0.15) is 0 Å². The van der Waals surface area contributed by atoms with E-state index in [4.69, 9.17) is 9.15 Å². The number of carbonyl (C=O) groups excluding carboxylic acids is 1. The molecule has 0 bridgehead atoms. The third-order valence-electron chi connectivity index (χ3n) is 4.74. The second-order valence-corrected chi connectivity index (χ2v) is 7.13. The Balaban J connectivity index is 1.74. The van der Waals surface area contributed by atoms with Crippen LogP contribution in [0.4, 0.5) is 5.69 Å². The van der Waals surface area contributed by atoms with E-state index in [0.717, 1.165) is 34.2 Å². The molecule has 0 aliphatic carbocycles. The van der Waals surface area contributed by atoms with Crippen LogP contribution in [0, 0.1) is 6.92 Å². The van der Waals surface area contributed by atoms with Crippen LogP contribution in [-0.4, -0.2) is 12.5 Å². The van der Waals surface area contributed by atoms with Crippen molar-refractivity contribution < 1.29 is 13.9 Å². The van der Waals surface area contributed by atoms with Gasteiger partial charge in [0.2, 0.25) is 0 Å². The van der Waals surface area contributed by atoms with Crippen molar-refractivity contribution in [2.45, 2.75) is 40.0 Å². The zero-order chi connectivity index (χ0) is 20.3. The molecule has 1 heterocycles. The average molecular weight is 379 g/mol. The second kappa shape index (κ2) is 8.30. The van der Waals surface area contributed by atoms with E-state index >= 15 is 0 Å². The maximum absolute atomic E-state index is 12.4. The Bertz CT molecular complexity index is 1070. The number of carbonyl (C=O) groups is 1. The number of para-hydroxylation sites is 1. The van der Waals surface area contributed by atoms with Crippen LogP contribution in [0.5, 0.6) is 5.75 Å². The molecule has 0 saturated heterocycles. The van der Waals surface area contributed by atoms with Crippen LogP contribution < -0.4 is 15.7 Å². The van der Waals surface area contributed by atoms with E-state index < -0.39 is 0 Å². The molecule has 0 aliphatic heterocycles. The zero-order valence-electron chi connectivity index (χ0n) is 16.7.